The number of carbonyl (C=O) groups is 2. The molecule has 0 aliphatic carbocycles. The van der Waals surface area contributed by atoms with E-state index in [9.17, 15) is 9.59 Å². The van der Waals surface area contributed by atoms with Crippen LogP contribution >= 0.6 is 23.7 Å². The van der Waals surface area contributed by atoms with Crippen molar-refractivity contribution in [3.63, 3.8) is 0 Å². The normalized spacial score (nSPS) is 11.9. The molecule has 8 heteroatoms. The van der Waals surface area contributed by atoms with Crippen molar-refractivity contribution in [2.45, 2.75) is 26.8 Å². The van der Waals surface area contributed by atoms with Gasteiger partial charge in [-0.15, -0.1) is 12.4 Å². The summed E-state index contributed by atoms with van der Waals surface area (Å²) in [5.41, 5.74) is 7.66. The molecule has 126 valence electrons. The van der Waals surface area contributed by atoms with Gasteiger partial charge in [-0.1, -0.05) is 37.3 Å². The van der Waals surface area contributed by atoms with Crippen molar-refractivity contribution < 1.29 is 9.59 Å². The summed E-state index contributed by atoms with van der Waals surface area (Å²) >= 11 is 1.40. The van der Waals surface area contributed by atoms with Crippen molar-refractivity contribution in [2.75, 3.05) is 11.9 Å². The van der Waals surface area contributed by atoms with Gasteiger partial charge in [0.25, 0.3) is 0 Å². The molecule has 1 atom stereocenters. The van der Waals surface area contributed by atoms with Gasteiger partial charge >= 0.3 is 0 Å². The fourth-order valence-electron chi connectivity index (χ4n) is 1.89. The number of thiazole rings is 1. The number of anilines is 1. The van der Waals surface area contributed by atoms with Gasteiger partial charge in [0.15, 0.2) is 5.13 Å². The topological polar surface area (TPSA) is 97.1 Å². The van der Waals surface area contributed by atoms with E-state index >= 15 is 0 Å². The Hall–Kier alpha value is -1.70. The highest BCUT2D eigenvalue weighted by Crippen LogP contribution is 2.27. The maximum absolute atomic E-state index is 11.9. The van der Waals surface area contributed by atoms with Crippen LogP contribution in [0.5, 0.6) is 0 Å². The molecule has 0 fully saturated rings. The number of para-hydroxylation sites is 1. The largest absolute Gasteiger partial charge is 0.346 e. The Morgan fingerprint density at radius 3 is 2.65 bits per heavy atom. The van der Waals surface area contributed by atoms with E-state index in [2.05, 4.69) is 15.6 Å². The second-order valence-electron chi connectivity index (χ2n) is 5.48. The van der Waals surface area contributed by atoms with Gasteiger partial charge in [-0.05, 0) is 24.5 Å². The molecule has 2 aromatic rings. The number of amides is 2. The number of aryl methyl sites for hydroxylation is 1. The average Bonchev–Trinajstić information content (AvgIpc) is 2.87. The van der Waals surface area contributed by atoms with E-state index < -0.39 is 6.04 Å². The Labute approximate surface area is 145 Å². The molecule has 0 radical (unpaired) electrons. The first-order chi connectivity index (χ1) is 10.4. The fourth-order valence-corrected chi connectivity index (χ4v) is 2.85. The van der Waals surface area contributed by atoms with Gasteiger partial charge in [-0.3, -0.25) is 9.59 Å². The summed E-state index contributed by atoms with van der Waals surface area (Å²) in [4.78, 5) is 28.0. The first-order valence-electron chi connectivity index (χ1n) is 7.07. The van der Waals surface area contributed by atoms with Crippen molar-refractivity contribution in [3.8, 4) is 0 Å². The summed E-state index contributed by atoms with van der Waals surface area (Å²) < 4.78 is 1.01. The first-order valence-corrected chi connectivity index (χ1v) is 7.89. The summed E-state index contributed by atoms with van der Waals surface area (Å²) in [6, 6.07) is 5.27. The molecule has 0 spiro atoms. The smallest absolute Gasteiger partial charge is 0.245 e. The number of nitrogens with two attached hydrogens (primary N) is 1. The zero-order valence-electron chi connectivity index (χ0n) is 13.3. The Balaban J connectivity index is 0.00000264. The van der Waals surface area contributed by atoms with Crippen LogP contribution in [0.1, 0.15) is 19.4 Å². The van der Waals surface area contributed by atoms with E-state index in [-0.39, 0.29) is 36.7 Å². The number of hydrogen-bond donors (Lipinski definition) is 3. The summed E-state index contributed by atoms with van der Waals surface area (Å²) in [6.45, 7) is 5.57. The van der Waals surface area contributed by atoms with Gasteiger partial charge in [-0.2, -0.15) is 0 Å². The fraction of sp³-hybridized carbons (Fsp3) is 0.400. The molecule has 0 saturated carbocycles. The zero-order chi connectivity index (χ0) is 16.3. The van der Waals surface area contributed by atoms with Crippen LogP contribution in [0.3, 0.4) is 0 Å². The molecule has 0 aliphatic rings. The highest BCUT2D eigenvalue weighted by molar-refractivity contribution is 7.22. The second kappa shape index (κ2) is 8.24. The highest BCUT2D eigenvalue weighted by Gasteiger charge is 2.18. The summed E-state index contributed by atoms with van der Waals surface area (Å²) in [5.74, 6) is -0.624. The number of aromatic nitrogens is 1. The minimum absolute atomic E-state index is 0. The Morgan fingerprint density at radius 1 is 1.35 bits per heavy atom. The third-order valence-electron chi connectivity index (χ3n) is 3.31. The predicted molar refractivity (Wildman–Crippen MR) is 96.1 cm³/mol. The molecule has 1 aromatic carbocycles. The second-order valence-corrected chi connectivity index (χ2v) is 6.51. The molecule has 0 unspecified atom stereocenters. The van der Waals surface area contributed by atoms with Crippen LogP contribution in [0.15, 0.2) is 18.2 Å². The van der Waals surface area contributed by atoms with Crippen molar-refractivity contribution >= 4 is 50.9 Å². The molecular weight excluding hydrogens is 336 g/mol. The lowest BCUT2D eigenvalue weighted by molar-refractivity contribution is -0.125. The number of nitrogens with one attached hydrogen (secondary N) is 2. The molecule has 2 rings (SSSR count). The van der Waals surface area contributed by atoms with Gasteiger partial charge in [0, 0.05) is 0 Å². The van der Waals surface area contributed by atoms with Crippen molar-refractivity contribution in [2.24, 2.45) is 11.7 Å². The number of fused-ring (bicyclic) bond motifs is 1. The maximum Gasteiger partial charge on any atom is 0.245 e. The number of halogens is 1. The third-order valence-corrected chi connectivity index (χ3v) is 4.25. The Kier molecular flexibility index (Phi) is 6.93. The van der Waals surface area contributed by atoms with E-state index in [0.717, 1.165) is 15.8 Å². The molecule has 23 heavy (non-hydrogen) atoms. The van der Waals surface area contributed by atoms with Gasteiger partial charge in [0.1, 0.15) is 0 Å². The van der Waals surface area contributed by atoms with E-state index in [0.29, 0.717) is 5.13 Å². The van der Waals surface area contributed by atoms with Crippen LogP contribution < -0.4 is 16.4 Å². The lowest BCUT2D eigenvalue weighted by Crippen LogP contribution is -2.46. The van der Waals surface area contributed by atoms with E-state index in [4.69, 9.17) is 5.73 Å². The minimum Gasteiger partial charge on any atom is -0.346 e. The van der Waals surface area contributed by atoms with Crippen LogP contribution in [0.25, 0.3) is 10.2 Å². The summed E-state index contributed by atoms with van der Waals surface area (Å²) in [5, 5.41) is 5.75. The lowest BCUT2D eigenvalue weighted by Gasteiger charge is -2.14. The van der Waals surface area contributed by atoms with Crippen LogP contribution in [0.2, 0.25) is 0 Å². The molecule has 6 nitrogen and oxygen atoms in total. The van der Waals surface area contributed by atoms with Crippen molar-refractivity contribution in [1.82, 2.24) is 10.3 Å². The molecule has 0 saturated heterocycles. The maximum atomic E-state index is 11.9. The van der Waals surface area contributed by atoms with Crippen molar-refractivity contribution in [1.29, 1.82) is 0 Å². The van der Waals surface area contributed by atoms with Crippen LogP contribution in [-0.4, -0.2) is 29.4 Å². The number of benzene rings is 1. The standard InChI is InChI=1S/C15H20N4O2S.ClH/c1-8(2)12(16)14(21)17-7-11(20)18-15-19-13-9(3)5-4-6-10(13)22-15;/h4-6,8,12H,7,16H2,1-3H3,(H,17,21)(H,18,19,20);1H/t12-;/m0./s1. The molecule has 0 aliphatic heterocycles. The number of hydrogen-bond acceptors (Lipinski definition) is 5. The van der Waals surface area contributed by atoms with Crippen LogP contribution in [0.4, 0.5) is 5.13 Å². The lowest BCUT2D eigenvalue weighted by atomic mass is 10.1. The average molecular weight is 357 g/mol. The number of rotatable bonds is 5. The molecule has 4 N–H and O–H groups in total. The van der Waals surface area contributed by atoms with Gasteiger partial charge < -0.3 is 16.4 Å². The Morgan fingerprint density at radius 2 is 2.04 bits per heavy atom. The van der Waals surface area contributed by atoms with E-state index in [1.165, 1.54) is 11.3 Å². The minimum atomic E-state index is -0.613. The van der Waals surface area contributed by atoms with E-state index in [1.54, 1.807) is 0 Å². The molecule has 1 aromatic heterocycles. The quantitative estimate of drug-likeness (QED) is 0.763. The molecule has 2 amide bonds. The van der Waals surface area contributed by atoms with Crippen LogP contribution in [0, 0.1) is 12.8 Å². The molecule has 1 heterocycles. The van der Waals surface area contributed by atoms with Crippen LogP contribution in [-0.2, 0) is 9.59 Å². The number of nitrogens with zero attached hydrogens (tertiary/aromatic N) is 1. The molecular formula is C15H21ClN4O2S. The monoisotopic (exact) mass is 356 g/mol. The zero-order valence-corrected chi connectivity index (χ0v) is 14.9. The van der Waals surface area contributed by atoms with Gasteiger partial charge in [-0.25, -0.2) is 4.98 Å². The molecule has 0 bridgehead atoms. The van der Waals surface area contributed by atoms with Crippen molar-refractivity contribution in [3.05, 3.63) is 23.8 Å². The van der Waals surface area contributed by atoms with Gasteiger partial charge in [0.2, 0.25) is 11.8 Å². The summed E-state index contributed by atoms with van der Waals surface area (Å²) in [7, 11) is 0. The highest BCUT2D eigenvalue weighted by atomic mass is 35.5. The first kappa shape index (κ1) is 19.3. The van der Waals surface area contributed by atoms with Gasteiger partial charge in [0.05, 0.1) is 22.8 Å². The third kappa shape index (κ3) is 4.89. The van der Waals surface area contributed by atoms with E-state index in [1.807, 2.05) is 39.0 Å². The Bertz CT molecular complexity index is 702. The SMILES string of the molecule is Cc1cccc2sc(NC(=O)CNC(=O)[C@@H](N)C(C)C)nc12.Cl. The predicted octanol–water partition coefficient (Wildman–Crippen LogP) is 2.06. The number of carbonyl (C=O) groups excluding carboxylic acids is 2. The summed E-state index contributed by atoms with van der Waals surface area (Å²) in [6.07, 6.45) is 0.